The minimum Gasteiger partial charge on any atom is -0.332 e. The highest BCUT2D eigenvalue weighted by Crippen LogP contribution is 2.34. The first kappa shape index (κ1) is 17.4. The maximum absolute atomic E-state index is 12.5. The molecule has 5 nitrogen and oxygen atoms in total. The quantitative estimate of drug-likeness (QED) is 0.928. The van der Waals surface area contributed by atoms with Crippen LogP contribution in [0.15, 0.2) is 42.6 Å². The van der Waals surface area contributed by atoms with Crippen molar-refractivity contribution >= 4 is 6.03 Å². The fourth-order valence-corrected chi connectivity index (χ4v) is 3.65. The van der Waals surface area contributed by atoms with E-state index in [4.69, 9.17) is 0 Å². The molecule has 1 saturated heterocycles. The molecule has 5 heteroatoms. The molecule has 1 N–H and O–H groups in total. The number of hydrogen-bond donors (Lipinski definition) is 1. The van der Waals surface area contributed by atoms with E-state index in [-0.39, 0.29) is 6.03 Å². The smallest absolute Gasteiger partial charge is 0.317 e. The summed E-state index contributed by atoms with van der Waals surface area (Å²) < 4.78 is 0. The maximum Gasteiger partial charge on any atom is 0.317 e. The number of likely N-dealkylation sites (tertiary alicyclic amines) is 1. The summed E-state index contributed by atoms with van der Waals surface area (Å²) in [6.45, 7) is 6.12. The van der Waals surface area contributed by atoms with Crippen molar-refractivity contribution in [1.82, 2.24) is 20.2 Å². The van der Waals surface area contributed by atoms with E-state index >= 15 is 0 Å². The van der Waals surface area contributed by atoms with E-state index in [1.54, 1.807) is 6.20 Å². The summed E-state index contributed by atoms with van der Waals surface area (Å²) in [5.74, 6) is 1.77. The van der Waals surface area contributed by atoms with Crippen molar-refractivity contribution in [2.45, 2.75) is 39.2 Å². The van der Waals surface area contributed by atoms with Gasteiger partial charge in [0.25, 0.3) is 0 Å². The zero-order chi connectivity index (χ0) is 17.6. The molecule has 0 radical (unpaired) electrons. The number of benzene rings is 1. The Labute approximate surface area is 149 Å². The largest absolute Gasteiger partial charge is 0.332 e. The Morgan fingerprint density at radius 1 is 1.28 bits per heavy atom. The van der Waals surface area contributed by atoms with Crippen LogP contribution in [0.1, 0.15) is 42.8 Å². The molecule has 0 unspecified atom stereocenters. The van der Waals surface area contributed by atoms with Crippen molar-refractivity contribution in [1.29, 1.82) is 0 Å². The number of rotatable bonds is 4. The number of carbonyl (C=O) groups is 1. The van der Waals surface area contributed by atoms with Gasteiger partial charge in [-0.25, -0.2) is 14.8 Å². The number of piperidine rings is 1. The number of nitrogens with zero attached hydrogens (tertiary/aromatic N) is 3. The molecule has 2 atom stereocenters. The second-order valence-electron chi connectivity index (χ2n) is 6.67. The molecule has 3 rings (SSSR count). The summed E-state index contributed by atoms with van der Waals surface area (Å²) in [5.41, 5.74) is 2.23. The first-order valence-corrected chi connectivity index (χ1v) is 9.03. The summed E-state index contributed by atoms with van der Waals surface area (Å²) in [5, 5.41) is 2.99. The Kier molecular flexibility index (Phi) is 5.64. The van der Waals surface area contributed by atoms with Crippen molar-refractivity contribution < 1.29 is 4.79 Å². The van der Waals surface area contributed by atoms with Crippen LogP contribution in [0.5, 0.6) is 0 Å². The first-order chi connectivity index (χ1) is 12.2. The number of amides is 2. The van der Waals surface area contributed by atoms with Crippen LogP contribution in [-0.4, -0.2) is 34.0 Å². The van der Waals surface area contributed by atoms with Gasteiger partial charge in [0.05, 0.1) is 12.2 Å². The lowest BCUT2D eigenvalue weighted by atomic mass is 9.79. The second kappa shape index (κ2) is 8.10. The van der Waals surface area contributed by atoms with E-state index in [1.807, 2.05) is 17.9 Å². The third kappa shape index (κ3) is 4.35. The van der Waals surface area contributed by atoms with E-state index in [0.717, 1.165) is 37.4 Å². The summed E-state index contributed by atoms with van der Waals surface area (Å²) in [4.78, 5) is 22.9. The van der Waals surface area contributed by atoms with Gasteiger partial charge in [0.1, 0.15) is 5.82 Å². The van der Waals surface area contributed by atoms with E-state index in [9.17, 15) is 4.79 Å². The van der Waals surface area contributed by atoms with Gasteiger partial charge in [0.15, 0.2) is 0 Å². The lowest BCUT2D eigenvalue weighted by Crippen LogP contribution is -2.47. The summed E-state index contributed by atoms with van der Waals surface area (Å²) in [6.07, 6.45) is 3.82. The number of hydrogen-bond acceptors (Lipinski definition) is 3. The molecule has 0 bridgehead atoms. The predicted molar refractivity (Wildman–Crippen MR) is 98.2 cm³/mol. The molecule has 25 heavy (non-hydrogen) atoms. The van der Waals surface area contributed by atoms with Crippen molar-refractivity contribution in [3.63, 3.8) is 0 Å². The number of aryl methyl sites for hydroxylation is 1. The van der Waals surface area contributed by atoms with E-state index in [0.29, 0.717) is 18.4 Å². The highest BCUT2D eigenvalue weighted by molar-refractivity contribution is 5.74. The average molecular weight is 338 g/mol. The van der Waals surface area contributed by atoms with Crippen LogP contribution < -0.4 is 5.32 Å². The topological polar surface area (TPSA) is 58.1 Å². The van der Waals surface area contributed by atoms with Crippen molar-refractivity contribution in [2.24, 2.45) is 5.92 Å². The molecule has 2 aromatic rings. The van der Waals surface area contributed by atoms with E-state index < -0.39 is 0 Å². The van der Waals surface area contributed by atoms with Gasteiger partial charge in [-0.15, -0.1) is 0 Å². The van der Waals surface area contributed by atoms with Crippen molar-refractivity contribution in [2.75, 3.05) is 13.1 Å². The monoisotopic (exact) mass is 338 g/mol. The average Bonchev–Trinajstić information content (AvgIpc) is 2.66. The summed E-state index contributed by atoms with van der Waals surface area (Å²) in [7, 11) is 0. The Morgan fingerprint density at radius 2 is 2.08 bits per heavy atom. The summed E-state index contributed by atoms with van der Waals surface area (Å²) >= 11 is 0. The SMILES string of the molecule is CC[C@@H]1CN(C(=O)NCc2ccnc(C)n2)CC[C@H]1c1ccccc1. The van der Waals surface area contributed by atoms with Gasteiger partial charge in [-0.2, -0.15) is 0 Å². The zero-order valence-corrected chi connectivity index (χ0v) is 15.0. The van der Waals surface area contributed by atoms with Gasteiger partial charge in [0.2, 0.25) is 0 Å². The van der Waals surface area contributed by atoms with Crippen LogP contribution in [0.3, 0.4) is 0 Å². The Bertz CT molecular complexity index is 704. The van der Waals surface area contributed by atoms with Gasteiger partial charge < -0.3 is 10.2 Å². The highest BCUT2D eigenvalue weighted by atomic mass is 16.2. The van der Waals surface area contributed by atoms with Crippen LogP contribution in [0.4, 0.5) is 4.79 Å². The maximum atomic E-state index is 12.5. The zero-order valence-electron chi connectivity index (χ0n) is 15.0. The molecule has 1 aromatic heterocycles. The lowest BCUT2D eigenvalue weighted by Gasteiger charge is -2.38. The fraction of sp³-hybridized carbons (Fsp3) is 0.450. The Morgan fingerprint density at radius 3 is 2.80 bits per heavy atom. The number of nitrogens with one attached hydrogen (secondary N) is 1. The molecule has 1 aliphatic rings. The molecule has 1 fully saturated rings. The van der Waals surface area contributed by atoms with Crippen LogP contribution in [0, 0.1) is 12.8 Å². The molecule has 0 saturated carbocycles. The minimum atomic E-state index is 0.00114. The van der Waals surface area contributed by atoms with Crippen LogP contribution >= 0.6 is 0 Å². The molecule has 0 aliphatic carbocycles. The molecule has 2 heterocycles. The van der Waals surface area contributed by atoms with Crippen LogP contribution in [0.25, 0.3) is 0 Å². The number of aromatic nitrogens is 2. The molecule has 132 valence electrons. The van der Waals surface area contributed by atoms with E-state index in [2.05, 4.69) is 52.5 Å². The van der Waals surface area contributed by atoms with Crippen molar-refractivity contribution in [3.05, 3.63) is 59.7 Å². The summed E-state index contributed by atoms with van der Waals surface area (Å²) in [6, 6.07) is 12.5. The second-order valence-corrected chi connectivity index (χ2v) is 6.67. The Balaban J connectivity index is 1.58. The van der Waals surface area contributed by atoms with Gasteiger partial charge in [-0.1, -0.05) is 43.7 Å². The van der Waals surface area contributed by atoms with Gasteiger partial charge in [0, 0.05) is 19.3 Å². The van der Waals surface area contributed by atoms with E-state index in [1.165, 1.54) is 5.56 Å². The third-order valence-corrected chi connectivity index (χ3v) is 5.03. The predicted octanol–water partition coefficient (Wildman–Crippen LogP) is 3.51. The molecular formula is C20H26N4O. The number of carbonyl (C=O) groups excluding carboxylic acids is 1. The standard InChI is InChI=1S/C20H26N4O/c1-3-16-14-24(12-10-19(16)17-7-5-4-6-8-17)20(25)22-13-18-9-11-21-15(2)23-18/h4-9,11,16,19H,3,10,12-14H2,1-2H3,(H,22,25)/t16-,19-/m1/s1. The molecule has 2 amide bonds. The van der Waals surface area contributed by atoms with Gasteiger partial charge >= 0.3 is 6.03 Å². The molecule has 1 aliphatic heterocycles. The molecule has 0 spiro atoms. The van der Waals surface area contributed by atoms with Crippen LogP contribution in [-0.2, 0) is 6.54 Å². The molecule has 1 aromatic carbocycles. The minimum absolute atomic E-state index is 0.00114. The normalized spacial score (nSPS) is 20.3. The highest BCUT2D eigenvalue weighted by Gasteiger charge is 2.31. The van der Waals surface area contributed by atoms with Crippen molar-refractivity contribution in [3.8, 4) is 0 Å². The lowest BCUT2D eigenvalue weighted by molar-refractivity contribution is 0.151. The van der Waals surface area contributed by atoms with Crippen LogP contribution in [0.2, 0.25) is 0 Å². The Hall–Kier alpha value is -2.43. The van der Waals surface area contributed by atoms with Gasteiger partial charge in [-0.3, -0.25) is 0 Å². The fourth-order valence-electron chi connectivity index (χ4n) is 3.65. The van der Waals surface area contributed by atoms with Gasteiger partial charge in [-0.05, 0) is 36.8 Å². The molecular weight excluding hydrogens is 312 g/mol. The number of urea groups is 1. The first-order valence-electron chi connectivity index (χ1n) is 9.03. The third-order valence-electron chi connectivity index (χ3n) is 5.03.